The summed E-state index contributed by atoms with van der Waals surface area (Å²) in [6.45, 7) is 6.03. The molecule has 0 spiro atoms. The number of nitrogens with one attached hydrogen (secondary N) is 1. The number of carbonyl (C=O) groups excluding carboxylic acids is 1. The number of benzene rings is 1. The first-order valence-corrected chi connectivity index (χ1v) is 13.5. The van der Waals surface area contributed by atoms with Crippen LogP contribution < -0.4 is 9.62 Å². The maximum absolute atomic E-state index is 13.4. The van der Waals surface area contributed by atoms with Crippen molar-refractivity contribution in [3.63, 3.8) is 0 Å². The van der Waals surface area contributed by atoms with Crippen molar-refractivity contribution in [2.45, 2.75) is 37.1 Å². The SMILES string of the molecule is CC(C)C(=O)N1CCN(c2cc(S(=O)(=O)NC3(C#N)CC3)cc3c(-c4cnn(C)c4)nn(C)c23)CC1. The average Bonchev–Trinajstić information content (AvgIpc) is 3.34. The van der Waals surface area contributed by atoms with Gasteiger partial charge in [-0.15, -0.1) is 0 Å². The smallest absolute Gasteiger partial charge is 0.242 e. The highest BCUT2D eigenvalue weighted by Crippen LogP contribution is 2.39. The van der Waals surface area contributed by atoms with Crippen molar-refractivity contribution in [1.29, 1.82) is 5.26 Å². The van der Waals surface area contributed by atoms with Gasteiger partial charge in [0, 0.05) is 63.3 Å². The molecule has 11 nitrogen and oxygen atoms in total. The molecule has 1 aliphatic carbocycles. The fourth-order valence-electron chi connectivity index (χ4n) is 4.73. The Morgan fingerprint density at radius 3 is 2.42 bits per heavy atom. The summed E-state index contributed by atoms with van der Waals surface area (Å²) < 4.78 is 32.9. The lowest BCUT2D eigenvalue weighted by Gasteiger charge is -2.37. The van der Waals surface area contributed by atoms with Crippen LogP contribution in [-0.4, -0.2) is 70.5 Å². The molecular weight excluding hydrogens is 480 g/mol. The quantitative estimate of drug-likeness (QED) is 0.533. The molecule has 1 aliphatic heterocycles. The van der Waals surface area contributed by atoms with Gasteiger partial charge in [-0.2, -0.15) is 20.2 Å². The largest absolute Gasteiger partial charge is 0.366 e. The first-order chi connectivity index (χ1) is 17.0. The highest BCUT2D eigenvalue weighted by molar-refractivity contribution is 7.89. The van der Waals surface area contributed by atoms with E-state index in [1.165, 1.54) is 0 Å². The van der Waals surface area contributed by atoms with Gasteiger partial charge in [0.15, 0.2) is 0 Å². The molecular formula is C24H30N8O3S. The Bertz CT molecular complexity index is 1490. The summed E-state index contributed by atoms with van der Waals surface area (Å²) >= 11 is 0. The van der Waals surface area contributed by atoms with E-state index in [9.17, 15) is 18.5 Å². The van der Waals surface area contributed by atoms with Crippen LogP contribution in [0.15, 0.2) is 29.4 Å². The van der Waals surface area contributed by atoms with Crippen molar-refractivity contribution in [3.8, 4) is 17.3 Å². The predicted molar refractivity (Wildman–Crippen MR) is 134 cm³/mol. The van der Waals surface area contributed by atoms with Gasteiger partial charge in [0.25, 0.3) is 0 Å². The number of anilines is 1. The first kappa shape index (κ1) is 24.3. The van der Waals surface area contributed by atoms with E-state index >= 15 is 0 Å². The fourth-order valence-corrected chi connectivity index (χ4v) is 6.15. The lowest BCUT2D eigenvalue weighted by Crippen LogP contribution is -2.50. The van der Waals surface area contributed by atoms with E-state index in [1.54, 1.807) is 27.7 Å². The summed E-state index contributed by atoms with van der Waals surface area (Å²) in [5, 5.41) is 19.1. The van der Waals surface area contributed by atoms with Crippen LogP contribution >= 0.6 is 0 Å². The van der Waals surface area contributed by atoms with Crippen molar-refractivity contribution < 1.29 is 13.2 Å². The molecule has 36 heavy (non-hydrogen) atoms. The molecule has 1 saturated heterocycles. The van der Waals surface area contributed by atoms with Crippen LogP contribution in [0.2, 0.25) is 0 Å². The second-order valence-electron chi connectivity index (χ2n) is 9.98. The molecule has 0 bridgehead atoms. The van der Waals surface area contributed by atoms with E-state index in [2.05, 4.69) is 20.8 Å². The van der Waals surface area contributed by atoms with Gasteiger partial charge in [-0.05, 0) is 25.0 Å². The van der Waals surface area contributed by atoms with E-state index in [4.69, 9.17) is 5.10 Å². The standard InChI is InChI=1S/C24H30N8O3S/c1-16(2)23(33)32-9-7-31(8-10-32)20-12-18(36(34,35)28-24(15-25)5-6-24)11-19-21(27-30(4)22(19)20)17-13-26-29(3)14-17/h11-14,16,28H,5-10H2,1-4H3. The molecule has 1 saturated carbocycles. The minimum atomic E-state index is -3.96. The summed E-state index contributed by atoms with van der Waals surface area (Å²) in [6.07, 6.45) is 4.53. The lowest BCUT2D eigenvalue weighted by atomic mass is 10.1. The Balaban J connectivity index is 1.61. The van der Waals surface area contributed by atoms with Crippen molar-refractivity contribution in [2.24, 2.45) is 20.0 Å². The molecule has 0 unspecified atom stereocenters. The van der Waals surface area contributed by atoms with Crippen LogP contribution in [0.3, 0.4) is 0 Å². The first-order valence-electron chi connectivity index (χ1n) is 12.0. The van der Waals surface area contributed by atoms with E-state index in [1.807, 2.05) is 39.0 Å². The van der Waals surface area contributed by atoms with Crippen LogP contribution in [0, 0.1) is 17.2 Å². The molecule has 0 radical (unpaired) electrons. The van der Waals surface area contributed by atoms with E-state index in [0.29, 0.717) is 50.1 Å². The minimum Gasteiger partial charge on any atom is -0.366 e. The summed E-state index contributed by atoms with van der Waals surface area (Å²) in [5.41, 5.74) is 1.92. The summed E-state index contributed by atoms with van der Waals surface area (Å²) in [5.74, 6) is 0.0442. The normalized spacial score (nSPS) is 17.6. The molecule has 190 valence electrons. The third-order valence-corrected chi connectivity index (χ3v) is 8.42. The molecule has 5 rings (SSSR count). The van der Waals surface area contributed by atoms with Gasteiger partial charge >= 0.3 is 0 Å². The number of fused-ring (bicyclic) bond motifs is 1. The Morgan fingerprint density at radius 2 is 1.86 bits per heavy atom. The molecule has 1 aromatic carbocycles. The van der Waals surface area contributed by atoms with Gasteiger partial charge in [-0.3, -0.25) is 14.2 Å². The number of amides is 1. The predicted octanol–water partition coefficient (Wildman–Crippen LogP) is 1.61. The maximum atomic E-state index is 13.4. The highest BCUT2D eigenvalue weighted by atomic mass is 32.2. The Labute approximate surface area is 210 Å². The lowest BCUT2D eigenvalue weighted by molar-refractivity contribution is -0.134. The molecule has 2 aliphatic rings. The number of hydrogen-bond donors (Lipinski definition) is 1. The molecule has 1 amide bonds. The fraction of sp³-hybridized carbons (Fsp3) is 0.500. The minimum absolute atomic E-state index is 0.0724. The van der Waals surface area contributed by atoms with Crippen molar-refractivity contribution in [2.75, 3.05) is 31.1 Å². The van der Waals surface area contributed by atoms with Crippen LogP contribution in [0.25, 0.3) is 22.2 Å². The zero-order chi connectivity index (χ0) is 25.8. The van der Waals surface area contributed by atoms with E-state index < -0.39 is 15.6 Å². The molecule has 1 N–H and O–H groups in total. The number of nitriles is 1. The van der Waals surface area contributed by atoms with Crippen molar-refractivity contribution in [3.05, 3.63) is 24.5 Å². The molecule has 3 aromatic rings. The number of rotatable bonds is 6. The number of sulfonamides is 1. The van der Waals surface area contributed by atoms with Crippen molar-refractivity contribution >= 4 is 32.5 Å². The van der Waals surface area contributed by atoms with E-state index in [0.717, 1.165) is 16.8 Å². The number of piperazine rings is 1. The van der Waals surface area contributed by atoms with Gasteiger partial charge in [-0.25, -0.2) is 8.42 Å². The highest BCUT2D eigenvalue weighted by Gasteiger charge is 2.47. The Hall–Kier alpha value is -3.43. The van der Waals surface area contributed by atoms with E-state index in [-0.39, 0.29) is 16.7 Å². The van der Waals surface area contributed by atoms with Crippen LogP contribution in [-0.2, 0) is 28.9 Å². The van der Waals surface area contributed by atoms with Crippen molar-refractivity contribution in [1.82, 2.24) is 29.2 Å². The Morgan fingerprint density at radius 1 is 1.17 bits per heavy atom. The number of aryl methyl sites for hydroxylation is 2. The van der Waals surface area contributed by atoms with Gasteiger partial charge in [-0.1, -0.05) is 13.8 Å². The van der Waals surface area contributed by atoms with Crippen LogP contribution in [0.4, 0.5) is 5.69 Å². The second kappa shape index (κ2) is 8.60. The van der Waals surface area contributed by atoms with Gasteiger partial charge in [0.2, 0.25) is 15.9 Å². The summed E-state index contributed by atoms with van der Waals surface area (Å²) in [7, 11) is -0.309. The van der Waals surface area contributed by atoms with Gasteiger partial charge in [0.1, 0.15) is 11.2 Å². The third-order valence-electron chi connectivity index (χ3n) is 6.90. The maximum Gasteiger partial charge on any atom is 0.242 e. The van der Waals surface area contributed by atoms with Gasteiger partial charge < -0.3 is 9.80 Å². The van der Waals surface area contributed by atoms with Crippen LogP contribution in [0.1, 0.15) is 26.7 Å². The summed E-state index contributed by atoms with van der Waals surface area (Å²) in [4.78, 5) is 16.5. The topological polar surface area (TPSA) is 129 Å². The van der Waals surface area contributed by atoms with Crippen LogP contribution in [0.5, 0.6) is 0 Å². The monoisotopic (exact) mass is 510 g/mol. The zero-order valence-corrected chi connectivity index (χ0v) is 21.7. The number of hydrogen-bond acceptors (Lipinski definition) is 7. The molecule has 2 aromatic heterocycles. The second-order valence-corrected chi connectivity index (χ2v) is 11.7. The average molecular weight is 511 g/mol. The summed E-state index contributed by atoms with van der Waals surface area (Å²) in [6, 6.07) is 5.38. The number of aromatic nitrogens is 4. The molecule has 2 fully saturated rings. The third kappa shape index (κ3) is 4.22. The molecule has 12 heteroatoms. The number of nitrogens with zero attached hydrogens (tertiary/aromatic N) is 7. The number of carbonyl (C=O) groups is 1. The Kier molecular flexibility index (Phi) is 5.80. The molecule has 0 atom stereocenters. The zero-order valence-electron chi connectivity index (χ0n) is 20.9. The molecule has 3 heterocycles. The van der Waals surface area contributed by atoms with Gasteiger partial charge in [0.05, 0.1) is 28.4 Å².